The summed E-state index contributed by atoms with van der Waals surface area (Å²) in [6.45, 7) is 6.43. The van der Waals surface area contributed by atoms with Crippen molar-refractivity contribution >= 4 is 5.91 Å². The number of amides is 1. The molecule has 1 heterocycles. The average Bonchev–Trinajstić information content (AvgIpc) is 2.82. The number of hydrogen-bond donors (Lipinski definition) is 1. The van der Waals surface area contributed by atoms with Crippen molar-refractivity contribution in [3.05, 3.63) is 0 Å². The molecular weight excluding hydrogens is 283 g/mol. The monoisotopic (exact) mass is 309 g/mol. The summed E-state index contributed by atoms with van der Waals surface area (Å²) in [5, 5.41) is 0. The van der Waals surface area contributed by atoms with E-state index in [1.54, 1.807) is 11.8 Å². The van der Waals surface area contributed by atoms with E-state index in [9.17, 15) is 18.0 Å². The molecule has 0 aromatic heterocycles. The standard InChI is InChI=1S/C14H26F3N3O/c1-4-19(9-14(15,16)17)7-11-5-6-20(8-11)13(21)12(18)10(2)3/h10-12H,4-9,18H2,1-3H3/t11?,12-/m0/s1. The number of halogens is 3. The maximum Gasteiger partial charge on any atom is 0.401 e. The quantitative estimate of drug-likeness (QED) is 0.812. The van der Waals surface area contributed by atoms with Gasteiger partial charge in [0.05, 0.1) is 12.6 Å². The minimum absolute atomic E-state index is 0.0638. The van der Waals surface area contributed by atoms with Crippen molar-refractivity contribution in [3.8, 4) is 0 Å². The lowest BCUT2D eigenvalue weighted by molar-refractivity contribution is -0.146. The Balaban J connectivity index is 2.48. The zero-order chi connectivity index (χ0) is 16.2. The van der Waals surface area contributed by atoms with Crippen LogP contribution in [-0.4, -0.2) is 60.6 Å². The first-order valence-corrected chi connectivity index (χ1v) is 7.47. The number of nitrogens with two attached hydrogens (primary N) is 1. The maximum atomic E-state index is 12.4. The Morgan fingerprint density at radius 1 is 1.43 bits per heavy atom. The highest BCUT2D eigenvalue weighted by molar-refractivity contribution is 5.82. The van der Waals surface area contributed by atoms with E-state index in [0.29, 0.717) is 26.2 Å². The van der Waals surface area contributed by atoms with E-state index >= 15 is 0 Å². The normalized spacial score (nSPS) is 21.4. The zero-order valence-electron chi connectivity index (χ0n) is 13.0. The average molecular weight is 309 g/mol. The molecule has 0 aliphatic carbocycles. The number of rotatable bonds is 6. The summed E-state index contributed by atoms with van der Waals surface area (Å²) < 4.78 is 37.3. The smallest absolute Gasteiger partial charge is 0.341 e. The van der Waals surface area contributed by atoms with E-state index in [0.717, 1.165) is 6.42 Å². The fraction of sp³-hybridized carbons (Fsp3) is 0.929. The molecule has 2 N–H and O–H groups in total. The number of likely N-dealkylation sites (tertiary alicyclic amines) is 1. The van der Waals surface area contributed by atoms with Gasteiger partial charge in [0, 0.05) is 19.6 Å². The number of alkyl halides is 3. The molecule has 0 spiro atoms. The molecule has 1 amide bonds. The van der Waals surface area contributed by atoms with Crippen LogP contribution in [0.4, 0.5) is 13.2 Å². The predicted molar refractivity (Wildman–Crippen MR) is 75.7 cm³/mol. The van der Waals surface area contributed by atoms with Gasteiger partial charge in [-0.25, -0.2) is 0 Å². The SMILES string of the molecule is CCN(CC1CCN(C(=O)[C@@H](N)C(C)C)C1)CC(F)(F)F. The van der Waals surface area contributed by atoms with Crippen LogP contribution >= 0.6 is 0 Å². The summed E-state index contributed by atoms with van der Waals surface area (Å²) in [5.41, 5.74) is 5.85. The maximum absolute atomic E-state index is 12.4. The molecule has 0 bridgehead atoms. The van der Waals surface area contributed by atoms with Gasteiger partial charge in [-0.15, -0.1) is 0 Å². The molecule has 1 saturated heterocycles. The van der Waals surface area contributed by atoms with Crippen molar-refractivity contribution in [1.29, 1.82) is 0 Å². The molecule has 21 heavy (non-hydrogen) atoms. The molecule has 1 rings (SSSR count). The molecule has 124 valence electrons. The molecule has 0 aromatic rings. The van der Waals surface area contributed by atoms with E-state index in [2.05, 4.69) is 0 Å². The Kier molecular flexibility index (Phi) is 6.46. The third-order valence-electron chi connectivity index (χ3n) is 3.97. The third-order valence-corrected chi connectivity index (χ3v) is 3.97. The highest BCUT2D eigenvalue weighted by atomic mass is 19.4. The van der Waals surface area contributed by atoms with E-state index in [-0.39, 0.29) is 17.7 Å². The largest absolute Gasteiger partial charge is 0.401 e. The van der Waals surface area contributed by atoms with E-state index in [1.807, 2.05) is 13.8 Å². The van der Waals surface area contributed by atoms with E-state index in [4.69, 9.17) is 5.73 Å². The first kappa shape index (κ1) is 18.2. The van der Waals surface area contributed by atoms with Crippen LogP contribution in [0, 0.1) is 11.8 Å². The number of carbonyl (C=O) groups excluding carboxylic acids is 1. The Bertz CT molecular complexity index is 347. The van der Waals surface area contributed by atoms with Crippen LogP contribution in [0.25, 0.3) is 0 Å². The van der Waals surface area contributed by atoms with Crippen molar-refractivity contribution in [3.63, 3.8) is 0 Å². The van der Waals surface area contributed by atoms with Gasteiger partial charge in [-0.1, -0.05) is 20.8 Å². The first-order valence-electron chi connectivity index (χ1n) is 7.47. The lowest BCUT2D eigenvalue weighted by atomic mass is 10.0. The van der Waals surface area contributed by atoms with Gasteiger partial charge in [-0.3, -0.25) is 9.69 Å². The van der Waals surface area contributed by atoms with Gasteiger partial charge in [0.2, 0.25) is 5.91 Å². The molecule has 1 aliphatic heterocycles. The Labute approximate surface area is 124 Å². The molecule has 0 aromatic carbocycles. The van der Waals surface area contributed by atoms with Gasteiger partial charge in [-0.2, -0.15) is 13.2 Å². The van der Waals surface area contributed by atoms with Crippen molar-refractivity contribution in [2.45, 2.75) is 39.4 Å². The van der Waals surface area contributed by atoms with Gasteiger partial charge in [0.25, 0.3) is 0 Å². The van der Waals surface area contributed by atoms with Crippen molar-refractivity contribution < 1.29 is 18.0 Å². The van der Waals surface area contributed by atoms with Crippen LogP contribution in [0.2, 0.25) is 0 Å². The second kappa shape index (κ2) is 7.45. The summed E-state index contributed by atoms with van der Waals surface area (Å²) in [5.74, 6) is 0.0656. The molecular formula is C14H26F3N3O. The first-order chi connectivity index (χ1) is 9.64. The fourth-order valence-corrected chi connectivity index (χ4v) is 2.60. The Morgan fingerprint density at radius 2 is 2.05 bits per heavy atom. The summed E-state index contributed by atoms with van der Waals surface area (Å²) in [4.78, 5) is 15.2. The van der Waals surface area contributed by atoms with E-state index in [1.165, 1.54) is 4.90 Å². The van der Waals surface area contributed by atoms with Gasteiger partial charge in [0.15, 0.2) is 0 Å². The summed E-state index contributed by atoms with van der Waals surface area (Å²) in [7, 11) is 0. The molecule has 4 nitrogen and oxygen atoms in total. The van der Waals surface area contributed by atoms with Gasteiger partial charge < -0.3 is 10.6 Å². The topological polar surface area (TPSA) is 49.6 Å². The molecule has 0 saturated carbocycles. The number of hydrogen-bond acceptors (Lipinski definition) is 3. The van der Waals surface area contributed by atoms with Crippen molar-refractivity contribution in [1.82, 2.24) is 9.80 Å². The van der Waals surface area contributed by atoms with Crippen molar-refractivity contribution in [2.75, 3.05) is 32.7 Å². The molecule has 1 aliphatic rings. The molecule has 7 heteroatoms. The van der Waals surface area contributed by atoms with Gasteiger partial charge in [-0.05, 0) is 24.8 Å². The summed E-state index contributed by atoms with van der Waals surface area (Å²) in [6.07, 6.45) is -3.44. The third kappa shape index (κ3) is 5.82. The summed E-state index contributed by atoms with van der Waals surface area (Å²) >= 11 is 0. The highest BCUT2D eigenvalue weighted by Gasteiger charge is 2.34. The summed E-state index contributed by atoms with van der Waals surface area (Å²) in [6, 6.07) is -0.527. The predicted octanol–water partition coefficient (Wildman–Crippen LogP) is 1.70. The zero-order valence-corrected chi connectivity index (χ0v) is 13.0. The molecule has 1 unspecified atom stereocenters. The van der Waals surface area contributed by atoms with Gasteiger partial charge >= 0.3 is 6.18 Å². The van der Waals surface area contributed by atoms with Crippen LogP contribution in [0.15, 0.2) is 0 Å². The fourth-order valence-electron chi connectivity index (χ4n) is 2.60. The second-order valence-corrected chi connectivity index (χ2v) is 6.15. The molecule has 1 fully saturated rings. The Morgan fingerprint density at radius 3 is 2.52 bits per heavy atom. The number of nitrogens with zero attached hydrogens (tertiary/aromatic N) is 2. The van der Waals surface area contributed by atoms with Crippen LogP contribution in [0.3, 0.4) is 0 Å². The molecule has 0 radical (unpaired) electrons. The van der Waals surface area contributed by atoms with Crippen LogP contribution < -0.4 is 5.73 Å². The minimum atomic E-state index is -4.18. The lowest BCUT2D eigenvalue weighted by Crippen LogP contribution is -2.46. The second-order valence-electron chi connectivity index (χ2n) is 6.15. The van der Waals surface area contributed by atoms with Crippen LogP contribution in [0.5, 0.6) is 0 Å². The Hall–Kier alpha value is -0.820. The van der Waals surface area contributed by atoms with Gasteiger partial charge in [0.1, 0.15) is 0 Å². The van der Waals surface area contributed by atoms with E-state index < -0.39 is 18.8 Å². The lowest BCUT2D eigenvalue weighted by Gasteiger charge is -2.26. The molecule has 2 atom stereocenters. The van der Waals surface area contributed by atoms with Crippen molar-refractivity contribution in [2.24, 2.45) is 17.6 Å². The highest BCUT2D eigenvalue weighted by Crippen LogP contribution is 2.22. The van der Waals surface area contributed by atoms with Crippen LogP contribution in [0.1, 0.15) is 27.2 Å². The van der Waals surface area contributed by atoms with Crippen LogP contribution in [-0.2, 0) is 4.79 Å². The number of carbonyl (C=O) groups is 1. The minimum Gasteiger partial charge on any atom is -0.341 e.